The van der Waals surface area contributed by atoms with Crippen LogP contribution in [-0.2, 0) is 0 Å². The van der Waals surface area contributed by atoms with E-state index in [4.69, 9.17) is 11.6 Å². The van der Waals surface area contributed by atoms with E-state index in [1.807, 2.05) is 12.1 Å². The first-order valence-electron chi connectivity index (χ1n) is 9.23. The third-order valence-corrected chi connectivity index (χ3v) is 6.15. The summed E-state index contributed by atoms with van der Waals surface area (Å²) in [5, 5.41) is 14.0. The van der Waals surface area contributed by atoms with Crippen molar-refractivity contribution < 1.29 is 5.11 Å². The molecule has 1 heterocycles. The van der Waals surface area contributed by atoms with Crippen molar-refractivity contribution in [3.63, 3.8) is 0 Å². The molecule has 25 heavy (non-hydrogen) atoms. The molecule has 132 valence electrons. The molecule has 0 bridgehead atoms. The minimum absolute atomic E-state index is 0.212. The first-order valence-corrected chi connectivity index (χ1v) is 9.61. The summed E-state index contributed by atoms with van der Waals surface area (Å²) in [6, 6.07) is 15.4. The van der Waals surface area contributed by atoms with E-state index in [-0.39, 0.29) is 12.6 Å². The standard InChI is InChI=1S/C21H25ClN2O/c1-2-24(12-13-25)19-11-10-16-20-15(19)7-5-9-18(20)23-21(16)14-6-3-4-8-17(14)22/h3-9,16,19,21,23,25H,2,10-13H2,1H3. The molecule has 2 N–H and O–H groups in total. The van der Waals surface area contributed by atoms with Gasteiger partial charge in [-0.3, -0.25) is 4.90 Å². The molecule has 0 aromatic heterocycles. The van der Waals surface area contributed by atoms with Crippen molar-refractivity contribution in [2.24, 2.45) is 0 Å². The van der Waals surface area contributed by atoms with Crippen molar-refractivity contribution in [2.45, 2.75) is 37.8 Å². The van der Waals surface area contributed by atoms with Crippen LogP contribution in [0.25, 0.3) is 0 Å². The molecule has 0 amide bonds. The summed E-state index contributed by atoms with van der Waals surface area (Å²) in [5.74, 6) is 0.468. The molecule has 1 aliphatic heterocycles. The first-order chi connectivity index (χ1) is 12.2. The summed E-state index contributed by atoms with van der Waals surface area (Å²) in [5.41, 5.74) is 5.32. The Morgan fingerprint density at radius 1 is 1.12 bits per heavy atom. The zero-order chi connectivity index (χ0) is 17.4. The highest BCUT2D eigenvalue weighted by atomic mass is 35.5. The van der Waals surface area contributed by atoms with E-state index in [2.05, 4.69) is 47.5 Å². The van der Waals surface area contributed by atoms with Crippen LogP contribution in [0.2, 0.25) is 5.02 Å². The van der Waals surface area contributed by atoms with Gasteiger partial charge in [-0.25, -0.2) is 0 Å². The Morgan fingerprint density at radius 2 is 1.92 bits per heavy atom. The maximum absolute atomic E-state index is 9.42. The molecule has 2 aromatic carbocycles. The normalized spacial score (nSPS) is 24.2. The predicted octanol–water partition coefficient (Wildman–Crippen LogP) is 4.74. The first kappa shape index (κ1) is 16.9. The Kier molecular flexibility index (Phi) is 4.72. The molecule has 3 nitrogen and oxygen atoms in total. The summed E-state index contributed by atoms with van der Waals surface area (Å²) >= 11 is 6.49. The van der Waals surface area contributed by atoms with Crippen LogP contribution in [0.3, 0.4) is 0 Å². The quantitative estimate of drug-likeness (QED) is 0.812. The van der Waals surface area contributed by atoms with E-state index >= 15 is 0 Å². The Bertz CT molecular complexity index is 763. The molecular weight excluding hydrogens is 332 g/mol. The second-order valence-corrected chi connectivity index (χ2v) is 7.41. The molecule has 0 spiro atoms. The lowest BCUT2D eigenvalue weighted by molar-refractivity contribution is 0.141. The molecule has 0 radical (unpaired) electrons. The predicted molar refractivity (Wildman–Crippen MR) is 103 cm³/mol. The number of hydrogen-bond donors (Lipinski definition) is 2. The molecule has 2 aliphatic rings. The summed E-state index contributed by atoms with van der Waals surface area (Å²) < 4.78 is 0. The number of aliphatic hydroxyl groups excluding tert-OH is 1. The number of benzene rings is 2. The van der Waals surface area contributed by atoms with Crippen molar-refractivity contribution in [1.29, 1.82) is 0 Å². The van der Waals surface area contributed by atoms with Crippen LogP contribution in [0.15, 0.2) is 42.5 Å². The molecule has 3 unspecified atom stereocenters. The van der Waals surface area contributed by atoms with Crippen LogP contribution in [0.5, 0.6) is 0 Å². The highest BCUT2D eigenvalue weighted by Crippen LogP contribution is 2.54. The van der Waals surface area contributed by atoms with Gasteiger partial charge in [0, 0.05) is 29.2 Å². The van der Waals surface area contributed by atoms with Crippen LogP contribution in [0, 0.1) is 0 Å². The SMILES string of the molecule is CCN(CCO)C1CCC2c3c(cccc31)NC2c1ccccc1Cl. The Labute approximate surface area is 154 Å². The fourth-order valence-corrected chi connectivity index (χ4v) is 4.97. The number of aliphatic hydroxyl groups is 1. The van der Waals surface area contributed by atoms with Crippen LogP contribution < -0.4 is 5.32 Å². The largest absolute Gasteiger partial charge is 0.395 e. The van der Waals surface area contributed by atoms with Gasteiger partial charge in [-0.2, -0.15) is 0 Å². The topological polar surface area (TPSA) is 35.5 Å². The monoisotopic (exact) mass is 356 g/mol. The van der Waals surface area contributed by atoms with Gasteiger partial charge >= 0.3 is 0 Å². The fourth-order valence-electron chi connectivity index (χ4n) is 4.72. The Morgan fingerprint density at radius 3 is 2.68 bits per heavy atom. The number of halogens is 1. The molecule has 0 fully saturated rings. The minimum Gasteiger partial charge on any atom is -0.395 e. The summed E-state index contributed by atoms with van der Waals surface area (Å²) in [6.07, 6.45) is 2.26. The molecule has 0 saturated carbocycles. The molecule has 0 saturated heterocycles. The van der Waals surface area contributed by atoms with E-state index < -0.39 is 0 Å². The van der Waals surface area contributed by atoms with E-state index in [0.29, 0.717) is 12.0 Å². The van der Waals surface area contributed by atoms with E-state index in [1.54, 1.807) is 0 Å². The average Bonchev–Trinajstić information content (AvgIpc) is 3.01. The second kappa shape index (κ2) is 6.99. The van der Waals surface area contributed by atoms with Crippen molar-refractivity contribution >= 4 is 17.3 Å². The van der Waals surface area contributed by atoms with Gasteiger partial charge in [-0.05, 0) is 48.2 Å². The van der Waals surface area contributed by atoms with Gasteiger partial charge in [-0.1, -0.05) is 48.9 Å². The van der Waals surface area contributed by atoms with Crippen molar-refractivity contribution in [1.82, 2.24) is 4.90 Å². The lowest BCUT2D eigenvalue weighted by Crippen LogP contribution is -2.34. The van der Waals surface area contributed by atoms with Crippen molar-refractivity contribution in [2.75, 3.05) is 25.0 Å². The van der Waals surface area contributed by atoms with Gasteiger partial charge in [0.15, 0.2) is 0 Å². The fraction of sp³-hybridized carbons (Fsp3) is 0.429. The molecule has 4 rings (SSSR count). The summed E-state index contributed by atoms with van der Waals surface area (Å²) in [6.45, 7) is 4.08. The van der Waals surface area contributed by atoms with E-state index in [9.17, 15) is 5.11 Å². The van der Waals surface area contributed by atoms with Gasteiger partial charge in [-0.15, -0.1) is 0 Å². The maximum Gasteiger partial charge on any atom is 0.0597 e. The van der Waals surface area contributed by atoms with Crippen LogP contribution in [0.1, 0.15) is 54.5 Å². The number of hydrogen-bond acceptors (Lipinski definition) is 3. The third-order valence-electron chi connectivity index (χ3n) is 5.81. The average molecular weight is 357 g/mol. The van der Waals surface area contributed by atoms with Crippen LogP contribution >= 0.6 is 11.6 Å². The lowest BCUT2D eigenvalue weighted by Gasteiger charge is -2.37. The molecule has 3 atom stereocenters. The number of nitrogens with zero attached hydrogens (tertiary/aromatic N) is 1. The highest BCUT2D eigenvalue weighted by Gasteiger charge is 2.41. The minimum atomic E-state index is 0.212. The van der Waals surface area contributed by atoms with E-state index in [0.717, 1.165) is 31.0 Å². The Balaban J connectivity index is 1.73. The Hall–Kier alpha value is -1.55. The van der Waals surface area contributed by atoms with Gasteiger partial charge < -0.3 is 10.4 Å². The summed E-state index contributed by atoms with van der Waals surface area (Å²) in [7, 11) is 0. The van der Waals surface area contributed by atoms with Gasteiger partial charge in [0.1, 0.15) is 0 Å². The number of nitrogens with one attached hydrogen (secondary N) is 1. The zero-order valence-corrected chi connectivity index (χ0v) is 15.3. The molecule has 4 heteroatoms. The second-order valence-electron chi connectivity index (χ2n) is 7.00. The van der Waals surface area contributed by atoms with Gasteiger partial charge in [0.2, 0.25) is 0 Å². The molecular formula is C21H25ClN2O. The third kappa shape index (κ3) is 2.84. The summed E-state index contributed by atoms with van der Waals surface area (Å²) in [4.78, 5) is 2.40. The maximum atomic E-state index is 9.42. The van der Waals surface area contributed by atoms with Gasteiger partial charge in [0.05, 0.1) is 12.6 Å². The van der Waals surface area contributed by atoms with Crippen LogP contribution in [-0.4, -0.2) is 29.7 Å². The number of anilines is 1. The highest BCUT2D eigenvalue weighted by molar-refractivity contribution is 6.31. The lowest BCUT2D eigenvalue weighted by atomic mass is 9.76. The number of rotatable bonds is 5. The van der Waals surface area contributed by atoms with Crippen molar-refractivity contribution in [3.05, 3.63) is 64.2 Å². The smallest absolute Gasteiger partial charge is 0.0597 e. The zero-order valence-electron chi connectivity index (χ0n) is 14.6. The van der Waals surface area contributed by atoms with Gasteiger partial charge in [0.25, 0.3) is 0 Å². The van der Waals surface area contributed by atoms with Crippen molar-refractivity contribution in [3.8, 4) is 0 Å². The van der Waals surface area contributed by atoms with E-state index in [1.165, 1.54) is 22.4 Å². The molecule has 2 aromatic rings. The van der Waals surface area contributed by atoms with Crippen LogP contribution in [0.4, 0.5) is 5.69 Å². The molecule has 1 aliphatic carbocycles. The number of likely N-dealkylation sites (N-methyl/N-ethyl adjacent to an activating group) is 1.